The van der Waals surface area contributed by atoms with Crippen molar-refractivity contribution in [3.8, 4) is 5.75 Å². The molecule has 0 saturated heterocycles. The lowest BCUT2D eigenvalue weighted by atomic mass is 9.82. The summed E-state index contributed by atoms with van der Waals surface area (Å²) in [5.41, 5.74) is 1.00. The van der Waals surface area contributed by atoms with Crippen molar-refractivity contribution in [1.82, 2.24) is 0 Å². The van der Waals surface area contributed by atoms with Crippen molar-refractivity contribution in [3.63, 3.8) is 0 Å². The number of Topliss-reactive ketones (excluding diaryl/α,β-unsaturated/α-hetero) is 2. The molecule has 0 spiro atoms. The average Bonchev–Trinajstić information content (AvgIpc) is 2.57. The first kappa shape index (κ1) is 21.9. The molecule has 150 valence electrons. The van der Waals surface area contributed by atoms with E-state index in [0.29, 0.717) is 17.7 Å². The Kier molecular flexibility index (Phi) is 6.82. The van der Waals surface area contributed by atoms with Crippen molar-refractivity contribution in [2.45, 2.75) is 65.9 Å². The number of benzene rings is 2. The second-order valence-corrected chi connectivity index (χ2v) is 9.55. The first-order chi connectivity index (χ1) is 12.9. The van der Waals surface area contributed by atoms with Crippen molar-refractivity contribution >= 4 is 11.6 Å². The third kappa shape index (κ3) is 6.95. The van der Waals surface area contributed by atoms with Gasteiger partial charge in [-0.1, -0.05) is 63.2 Å². The van der Waals surface area contributed by atoms with Crippen molar-refractivity contribution in [2.75, 3.05) is 0 Å². The number of carbonyl (C=O) groups excluding carboxylic acids is 2. The summed E-state index contributed by atoms with van der Waals surface area (Å²) in [5, 5.41) is 0. The second-order valence-electron chi connectivity index (χ2n) is 9.55. The lowest BCUT2D eigenvalue weighted by Crippen LogP contribution is -2.23. The number of rotatable bonds is 7. The molecule has 1 atom stereocenters. The SMILES string of the molecule is CC(C)(C)CC(=O)CC(C(=O)c1ccccc1)c1cccc(OC(C)(C)C)c1. The van der Waals surface area contributed by atoms with Gasteiger partial charge in [0.25, 0.3) is 0 Å². The van der Waals surface area contributed by atoms with Gasteiger partial charge in [-0.3, -0.25) is 9.59 Å². The van der Waals surface area contributed by atoms with Crippen LogP contribution in [0.1, 0.15) is 76.2 Å². The summed E-state index contributed by atoms with van der Waals surface area (Å²) in [5.74, 6) is 0.264. The van der Waals surface area contributed by atoms with Gasteiger partial charge in [0.05, 0.1) is 5.92 Å². The van der Waals surface area contributed by atoms with Gasteiger partial charge in [-0.25, -0.2) is 0 Å². The summed E-state index contributed by atoms with van der Waals surface area (Å²) < 4.78 is 5.97. The molecule has 28 heavy (non-hydrogen) atoms. The Labute approximate surface area is 169 Å². The maximum absolute atomic E-state index is 13.2. The lowest BCUT2D eigenvalue weighted by Gasteiger charge is -2.23. The van der Waals surface area contributed by atoms with E-state index in [2.05, 4.69) is 0 Å². The van der Waals surface area contributed by atoms with Crippen LogP contribution in [0.2, 0.25) is 0 Å². The summed E-state index contributed by atoms with van der Waals surface area (Å²) in [4.78, 5) is 26.0. The van der Waals surface area contributed by atoms with E-state index < -0.39 is 5.92 Å². The van der Waals surface area contributed by atoms with Crippen LogP contribution in [-0.2, 0) is 4.79 Å². The van der Waals surface area contributed by atoms with Crippen molar-refractivity contribution in [3.05, 3.63) is 65.7 Å². The molecule has 2 aromatic rings. The fourth-order valence-corrected chi connectivity index (χ4v) is 3.21. The van der Waals surface area contributed by atoms with Gasteiger partial charge in [-0.2, -0.15) is 0 Å². The first-order valence-electron chi connectivity index (χ1n) is 9.84. The topological polar surface area (TPSA) is 43.4 Å². The van der Waals surface area contributed by atoms with E-state index in [1.54, 1.807) is 12.1 Å². The van der Waals surface area contributed by atoms with Crippen LogP contribution in [0.4, 0.5) is 0 Å². The van der Waals surface area contributed by atoms with Gasteiger partial charge in [0, 0.05) is 18.4 Å². The van der Waals surface area contributed by atoms with E-state index in [4.69, 9.17) is 4.74 Å². The Balaban J connectivity index is 2.36. The maximum atomic E-state index is 13.2. The van der Waals surface area contributed by atoms with Gasteiger partial charge in [0.15, 0.2) is 5.78 Å². The fraction of sp³-hybridized carbons (Fsp3) is 0.440. The Morgan fingerprint density at radius 2 is 1.54 bits per heavy atom. The Hall–Kier alpha value is -2.42. The smallest absolute Gasteiger partial charge is 0.170 e. The van der Waals surface area contributed by atoms with E-state index in [-0.39, 0.29) is 29.0 Å². The van der Waals surface area contributed by atoms with Crippen molar-refractivity contribution < 1.29 is 14.3 Å². The van der Waals surface area contributed by atoms with Crippen molar-refractivity contribution in [1.29, 1.82) is 0 Å². The summed E-state index contributed by atoms with van der Waals surface area (Å²) in [6, 6.07) is 16.8. The van der Waals surface area contributed by atoms with E-state index in [0.717, 1.165) is 5.56 Å². The first-order valence-corrected chi connectivity index (χ1v) is 9.84. The lowest BCUT2D eigenvalue weighted by molar-refractivity contribution is -0.121. The highest BCUT2D eigenvalue weighted by molar-refractivity contribution is 6.03. The summed E-state index contributed by atoms with van der Waals surface area (Å²) in [7, 11) is 0. The quantitative estimate of drug-likeness (QED) is 0.535. The highest BCUT2D eigenvalue weighted by Gasteiger charge is 2.27. The minimum atomic E-state index is -0.513. The predicted octanol–water partition coefficient (Wildman–Crippen LogP) is 6.23. The van der Waals surface area contributed by atoms with E-state index in [1.165, 1.54) is 0 Å². The van der Waals surface area contributed by atoms with Gasteiger partial charge >= 0.3 is 0 Å². The molecule has 0 aliphatic heterocycles. The maximum Gasteiger partial charge on any atom is 0.170 e. The highest BCUT2D eigenvalue weighted by atomic mass is 16.5. The van der Waals surface area contributed by atoms with Crippen LogP contribution in [0.5, 0.6) is 5.75 Å². The van der Waals surface area contributed by atoms with Gasteiger partial charge in [-0.05, 0) is 43.9 Å². The van der Waals surface area contributed by atoms with Crippen LogP contribution < -0.4 is 4.74 Å². The van der Waals surface area contributed by atoms with Gasteiger partial charge in [0.1, 0.15) is 17.1 Å². The molecule has 2 rings (SSSR count). The second kappa shape index (κ2) is 8.72. The molecule has 2 aromatic carbocycles. The highest BCUT2D eigenvalue weighted by Crippen LogP contribution is 2.31. The molecular weight excluding hydrogens is 348 g/mol. The average molecular weight is 381 g/mol. The zero-order valence-electron chi connectivity index (χ0n) is 17.9. The third-order valence-corrected chi connectivity index (χ3v) is 4.22. The molecule has 0 radical (unpaired) electrons. The number of ketones is 2. The summed E-state index contributed by atoms with van der Waals surface area (Å²) in [6.07, 6.45) is 0.647. The molecule has 0 heterocycles. The summed E-state index contributed by atoms with van der Waals surface area (Å²) in [6.45, 7) is 12.1. The van der Waals surface area contributed by atoms with Crippen LogP contribution in [-0.4, -0.2) is 17.2 Å². The number of carbonyl (C=O) groups is 2. The monoisotopic (exact) mass is 380 g/mol. The van der Waals surface area contributed by atoms with Crippen molar-refractivity contribution in [2.24, 2.45) is 5.41 Å². The molecule has 0 aliphatic rings. The molecule has 0 saturated carbocycles. The van der Waals surface area contributed by atoms with E-state index >= 15 is 0 Å². The molecule has 0 fully saturated rings. The molecular formula is C25H32O3. The zero-order chi connectivity index (χ0) is 20.9. The van der Waals surface area contributed by atoms with Crippen LogP contribution in [0.3, 0.4) is 0 Å². The molecule has 0 bridgehead atoms. The molecule has 3 nitrogen and oxygen atoms in total. The van der Waals surface area contributed by atoms with E-state index in [9.17, 15) is 9.59 Å². The molecule has 0 aromatic heterocycles. The molecule has 3 heteroatoms. The van der Waals surface area contributed by atoms with Gasteiger partial charge in [0.2, 0.25) is 0 Å². The largest absolute Gasteiger partial charge is 0.488 e. The number of hydrogen-bond acceptors (Lipinski definition) is 3. The number of hydrogen-bond donors (Lipinski definition) is 0. The van der Waals surface area contributed by atoms with E-state index in [1.807, 2.05) is 84.0 Å². The van der Waals surface area contributed by atoms with Crippen LogP contribution in [0.25, 0.3) is 0 Å². The van der Waals surface area contributed by atoms with Crippen LogP contribution in [0, 0.1) is 5.41 Å². The number of ether oxygens (including phenoxy) is 1. The van der Waals surface area contributed by atoms with Crippen LogP contribution >= 0.6 is 0 Å². The fourth-order valence-electron chi connectivity index (χ4n) is 3.21. The Morgan fingerprint density at radius 3 is 2.11 bits per heavy atom. The Bertz CT molecular complexity index is 808. The summed E-state index contributed by atoms with van der Waals surface area (Å²) >= 11 is 0. The molecule has 0 amide bonds. The van der Waals surface area contributed by atoms with Gasteiger partial charge < -0.3 is 4.74 Å². The van der Waals surface area contributed by atoms with Gasteiger partial charge in [-0.15, -0.1) is 0 Å². The van der Waals surface area contributed by atoms with Crippen LogP contribution in [0.15, 0.2) is 54.6 Å². The zero-order valence-corrected chi connectivity index (χ0v) is 17.9. The normalized spacial score (nSPS) is 13.1. The molecule has 0 N–H and O–H groups in total. The predicted molar refractivity (Wildman–Crippen MR) is 114 cm³/mol. The minimum absolute atomic E-state index is 0.0317. The molecule has 0 aliphatic carbocycles. The molecule has 1 unspecified atom stereocenters. The third-order valence-electron chi connectivity index (χ3n) is 4.22. The minimum Gasteiger partial charge on any atom is -0.488 e. The standard InChI is InChI=1S/C25H32O3/c1-24(2,3)17-20(26)16-22(23(27)18-11-8-7-9-12-18)19-13-10-14-21(15-19)28-25(4,5)6/h7-15,22H,16-17H2,1-6H3. The Morgan fingerprint density at radius 1 is 0.893 bits per heavy atom.